The molecule has 0 heterocycles. The number of hydrogen-bond donors (Lipinski definition) is 2. The minimum atomic E-state index is -3.79. The van der Waals surface area contributed by atoms with Crippen LogP contribution in [0.2, 0.25) is 0 Å². The molecule has 4 N–H and O–H groups in total. The van der Waals surface area contributed by atoms with Gasteiger partial charge in [0.2, 0.25) is 16.0 Å². The summed E-state index contributed by atoms with van der Waals surface area (Å²) in [6.07, 6.45) is 0. The van der Waals surface area contributed by atoms with Crippen LogP contribution in [0.15, 0.2) is 125 Å². The van der Waals surface area contributed by atoms with Crippen molar-refractivity contribution in [3.63, 3.8) is 0 Å². The molecule has 0 unspecified atom stereocenters. The zero-order chi connectivity index (χ0) is 28.6. The van der Waals surface area contributed by atoms with E-state index in [1.54, 1.807) is 19.2 Å². The molecule has 8 nitrogen and oxygen atoms in total. The molecule has 4 aromatic carbocycles. The van der Waals surface area contributed by atoms with Crippen LogP contribution in [0.1, 0.15) is 22.3 Å². The number of benzene rings is 4. The Hall–Kier alpha value is -4.12. The Balaban J connectivity index is 1.52. The number of sulfonamides is 1. The fraction of sp³-hybridized carbons (Fsp3) is 0.133. The van der Waals surface area contributed by atoms with Crippen LogP contribution in [0.5, 0.6) is 0 Å². The molecule has 0 amide bonds. The smallest absolute Gasteiger partial charge is 0.325 e. The molecule has 4 rings (SSSR count). The second-order valence-electron chi connectivity index (χ2n) is 9.03. The number of carbonyl (C=O) groups excluding carboxylic acids is 1. The van der Waals surface area contributed by atoms with Gasteiger partial charge in [0.05, 0.1) is 4.90 Å². The van der Waals surface area contributed by atoms with Gasteiger partial charge in [-0.3, -0.25) is 4.79 Å². The first-order chi connectivity index (χ1) is 19.2. The fourth-order valence-electron chi connectivity index (χ4n) is 4.12. The van der Waals surface area contributed by atoms with Crippen LogP contribution in [0.25, 0.3) is 0 Å². The summed E-state index contributed by atoms with van der Waals surface area (Å²) in [7, 11) is -2.13. The Kier molecular flexibility index (Phi) is 9.26. The Labute approximate surface area is 238 Å². The van der Waals surface area contributed by atoms with Gasteiger partial charge in [-0.25, -0.2) is 13.6 Å². The molecule has 0 aliphatic carbocycles. The topological polar surface area (TPSA) is 128 Å². The van der Waals surface area contributed by atoms with Gasteiger partial charge in [-0.05, 0) is 46.3 Å². The van der Waals surface area contributed by atoms with Crippen molar-refractivity contribution in [3.05, 3.63) is 138 Å². The number of carbonyl (C=O) groups is 1. The normalized spacial score (nSPS) is 12.1. The molecule has 0 spiro atoms. The molecule has 0 aliphatic rings. The summed E-state index contributed by atoms with van der Waals surface area (Å²) in [5.41, 5.74) is 10.1. The molecular weight excluding hydrogens is 544 g/mol. The Morgan fingerprint density at radius 3 is 1.70 bits per heavy atom. The molecule has 0 aromatic heterocycles. The monoisotopic (exact) mass is 574 g/mol. The molecule has 4 aromatic rings. The molecule has 0 aliphatic heterocycles. The molecule has 0 fully saturated rings. The number of ether oxygens (including phenoxy) is 1. The van der Waals surface area contributed by atoms with Crippen molar-refractivity contribution in [1.29, 1.82) is 0 Å². The summed E-state index contributed by atoms with van der Waals surface area (Å²) in [5.74, 6) is -0.353. The second-order valence-corrected chi connectivity index (χ2v) is 11.6. The van der Waals surface area contributed by atoms with Crippen LogP contribution in [0, 0.1) is 0 Å². The lowest BCUT2D eigenvalue weighted by Gasteiger charge is -2.33. The maximum absolute atomic E-state index is 12.5. The summed E-state index contributed by atoms with van der Waals surface area (Å²) in [6.45, 7) is -0.150. The van der Waals surface area contributed by atoms with Crippen LogP contribution in [-0.2, 0) is 30.9 Å². The van der Waals surface area contributed by atoms with E-state index in [-0.39, 0.29) is 24.0 Å². The molecule has 0 radical (unpaired) electrons. The van der Waals surface area contributed by atoms with Gasteiger partial charge in [-0.2, -0.15) is 4.40 Å². The standard InChI is InChI=1S/C30H30N4O4S2/c1-34(21-28(35)38-22-23-17-19-27(20-18-23)40(32,36)37)29(31)33-39-30(24-11-5-2-6-12-24,25-13-7-3-8-14-25)26-15-9-4-10-16-26/h2-20H,21-22H2,1H3,(H2,31,33)(H2,32,36,37). The average Bonchev–Trinajstić information content (AvgIpc) is 2.97. The maximum atomic E-state index is 12.5. The molecule has 0 saturated carbocycles. The Bertz CT molecular complexity index is 1450. The lowest BCUT2D eigenvalue weighted by molar-refractivity contribution is -0.145. The van der Waals surface area contributed by atoms with Crippen LogP contribution >= 0.6 is 11.9 Å². The highest BCUT2D eigenvalue weighted by molar-refractivity contribution is 7.99. The van der Waals surface area contributed by atoms with E-state index in [0.717, 1.165) is 16.7 Å². The van der Waals surface area contributed by atoms with E-state index >= 15 is 0 Å². The van der Waals surface area contributed by atoms with Gasteiger partial charge >= 0.3 is 5.97 Å². The lowest BCUT2D eigenvalue weighted by atomic mass is 9.84. The highest BCUT2D eigenvalue weighted by atomic mass is 32.2. The highest BCUT2D eigenvalue weighted by Crippen LogP contribution is 2.48. The van der Waals surface area contributed by atoms with E-state index in [1.807, 2.05) is 54.6 Å². The first-order valence-electron chi connectivity index (χ1n) is 12.4. The summed E-state index contributed by atoms with van der Waals surface area (Å²) in [5, 5.41) is 5.12. The van der Waals surface area contributed by atoms with Crippen LogP contribution in [0.4, 0.5) is 0 Å². The van der Waals surface area contributed by atoms with Crippen molar-refractivity contribution in [3.8, 4) is 0 Å². The summed E-state index contributed by atoms with van der Waals surface area (Å²) in [4.78, 5) is 14.0. The number of primary sulfonamides is 1. The van der Waals surface area contributed by atoms with E-state index in [1.165, 1.54) is 29.0 Å². The first kappa shape index (κ1) is 28.9. The molecule has 206 valence electrons. The number of hydrogen-bond acceptors (Lipinski definition) is 6. The number of rotatable bonds is 10. The number of likely N-dealkylation sites (N-methyl/N-ethyl adjacent to an activating group) is 1. The van der Waals surface area contributed by atoms with E-state index in [9.17, 15) is 13.2 Å². The van der Waals surface area contributed by atoms with Crippen LogP contribution in [-0.4, -0.2) is 38.8 Å². The van der Waals surface area contributed by atoms with Gasteiger partial charge in [0.25, 0.3) is 0 Å². The SMILES string of the molecule is CN(CC(=O)OCc1ccc(S(N)(=O)=O)cc1)/C(N)=N/SC(c1ccccc1)(c1ccccc1)c1ccccc1. The highest BCUT2D eigenvalue weighted by Gasteiger charge is 2.38. The summed E-state index contributed by atoms with van der Waals surface area (Å²) in [6, 6.07) is 36.1. The minimum Gasteiger partial charge on any atom is -0.459 e. The third-order valence-corrected chi connectivity index (χ3v) is 8.41. The van der Waals surface area contributed by atoms with Crippen molar-refractivity contribution < 1.29 is 17.9 Å². The van der Waals surface area contributed by atoms with Crippen molar-refractivity contribution >= 4 is 33.9 Å². The number of esters is 1. The fourth-order valence-corrected chi connectivity index (χ4v) is 5.73. The van der Waals surface area contributed by atoms with Gasteiger partial charge < -0.3 is 15.4 Å². The van der Waals surface area contributed by atoms with Gasteiger partial charge in [0, 0.05) is 7.05 Å². The predicted octanol–water partition coefficient (Wildman–Crippen LogP) is 4.26. The number of nitrogens with zero attached hydrogens (tertiary/aromatic N) is 2. The maximum Gasteiger partial charge on any atom is 0.325 e. The largest absolute Gasteiger partial charge is 0.459 e. The zero-order valence-electron chi connectivity index (χ0n) is 21.9. The van der Waals surface area contributed by atoms with Crippen molar-refractivity contribution in [2.75, 3.05) is 13.6 Å². The molecule has 40 heavy (non-hydrogen) atoms. The summed E-state index contributed by atoms with van der Waals surface area (Å²) < 4.78 is 32.2. The van der Waals surface area contributed by atoms with Crippen LogP contribution < -0.4 is 10.9 Å². The molecule has 10 heteroatoms. The number of guanidine groups is 1. The van der Waals surface area contributed by atoms with Crippen molar-refractivity contribution in [2.24, 2.45) is 15.3 Å². The van der Waals surface area contributed by atoms with Gasteiger partial charge in [0.15, 0.2) is 0 Å². The third kappa shape index (κ3) is 6.90. The predicted molar refractivity (Wildman–Crippen MR) is 159 cm³/mol. The first-order valence-corrected chi connectivity index (χ1v) is 14.7. The molecular formula is C30H30N4O4S2. The molecule has 0 atom stereocenters. The number of nitrogens with two attached hydrogens (primary N) is 2. The summed E-state index contributed by atoms with van der Waals surface area (Å²) >= 11 is 1.32. The van der Waals surface area contributed by atoms with E-state index in [4.69, 9.17) is 20.0 Å². The zero-order valence-corrected chi connectivity index (χ0v) is 23.5. The van der Waals surface area contributed by atoms with E-state index in [2.05, 4.69) is 36.4 Å². The van der Waals surface area contributed by atoms with Gasteiger partial charge in [-0.1, -0.05) is 103 Å². The average molecular weight is 575 g/mol. The van der Waals surface area contributed by atoms with Crippen molar-refractivity contribution in [1.82, 2.24) is 4.90 Å². The molecule has 0 bridgehead atoms. The molecule has 0 saturated heterocycles. The minimum absolute atomic E-state index is 0.0126. The van der Waals surface area contributed by atoms with E-state index < -0.39 is 20.7 Å². The Morgan fingerprint density at radius 2 is 1.27 bits per heavy atom. The van der Waals surface area contributed by atoms with Crippen LogP contribution in [0.3, 0.4) is 0 Å². The van der Waals surface area contributed by atoms with E-state index in [0.29, 0.717) is 5.56 Å². The second kappa shape index (κ2) is 12.8. The van der Waals surface area contributed by atoms with Gasteiger partial charge in [-0.15, -0.1) is 0 Å². The third-order valence-electron chi connectivity index (χ3n) is 6.23. The van der Waals surface area contributed by atoms with Crippen molar-refractivity contribution in [2.45, 2.75) is 16.2 Å². The quantitative estimate of drug-likeness (QED) is 0.0952. The van der Waals surface area contributed by atoms with Gasteiger partial charge in [0.1, 0.15) is 17.9 Å². The lowest BCUT2D eigenvalue weighted by Crippen LogP contribution is -2.38. The Morgan fingerprint density at radius 1 is 0.825 bits per heavy atom.